The van der Waals surface area contributed by atoms with Crippen LogP contribution in [0.1, 0.15) is 0 Å². The van der Waals surface area contributed by atoms with Crippen molar-refractivity contribution in [3.05, 3.63) is 54.1 Å². The van der Waals surface area contributed by atoms with Gasteiger partial charge in [-0.05, 0) is 42.9 Å². The van der Waals surface area contributed by atoms with Gasteiger partial charge in [-0.3, -0.25) is 9.69 Å². The Morgan fingerprint density at radius 3 is 2.48 bits per heavy atom. The lowest BCUT2D eigenvalue weighted by Gasteiger charge is -2.56. The van der Waals surface area contributed by atoms with Gasteiger partial charge in [-0.2, -0.15) is 0 Å². The number of nitrogens with one attached hydrogen (secondary N) is 1. The van der Waals surface area contributed by atoms with Gasteiger partial charge in [0.25, 0.3) is 0 Å². The minimum absolute atomic E-state index is 0.0796. The average molecular weight is 343 g/mol. The van der Waals surface area contributed by atoms with Gasteiger partial charge in [0.15, 0.2) is 0 Å². The van der Waals surface area contributed by atoms with E-state index in [0.29, 0.717) is 25.2 Å². The van der Waals surface area contributed by atoms with Crippen LogP contribution in [0.25, 0.3) is 11.1 Å². The number of rotatable bonds is 2. The molecule has 0 saturated carbocycles. The molecule has 0 aromatic heterocycles. The summed E-state index contributed by atoms with van der Waals surface area (Å²) < 4.78 is 27.3. The second-order valence-electron chi connectivity index (χ2n) is 6.74. The highest BCUT2D eigenvalue weighted by molar-refractivity contribution is 5.91. The lowest BCUT2D eigenvalue weighted by atomic mass is 9.84. The standard InChI is InChI=1S/C19H19F2N3O/c1-23-9-8-22-18(25)19(23)11-24(12-19)15-5-2-13(3-6-15)16-10-14(20)4-7-17(16)21/h2-7,10H,8-9,11-12H2,1H3,(H,22,25). The fourth-order valence-corrected chi connectivity index (χ4v) is 3.61. The van der Waals surface area contributed by atoms with Crippen LogP contribution in [-0.2, 0) is 4.79 Å². The van der Waals surface area contributed by atoms with Gasteiger partial charge in [0, 0.05) is 37.4 Å². The number of amides is 1. The molecule has 130 valence electrons. The normalized spacial score (nSPS) is 19.6. The van der Waals surface area contributed by atoms with Crippen molar-refractivity contribution in [3.8, 4) is 11.1 Å². The molecule has 2 aliphatic heterocycles. The summed E-state index contributed by atoms with van der Waals surface area (Å²) in [5, 5.41) is 2.93. The molecule has 2 aromatic rings. The minimum Gasteiger partial charge on any atom is -0.367 e. The maximum absolute atomic E-state index is 13.9. The Labute approximate surface area is 145 Å². The fourth-order valence-electron chi connectivity index (χ4n) is 3.61. The van der Waals surface area contributed by atoms with Gasteiger partial charge < -0.3 is 10.2 Å². The maximum Gasteiger partial charge on any atom is 0.244 e. The molecule has 0 radical (unpaired) electrons. The summed E-state index contributed by atoms with van der Waals surface area (Å²) in [6, 6.07) is 10.8. The van der Waals surface area contributed by atoms with E-state index in [4.69, 9.17) is 0 Å². The Hall–Kier alpha value is -2.47. The Morgan fingerprint density at radius 2 is 1.80 bits per heavy atom. The molecule has 0 aliphatic carbocycles. The summed E-state index contributed by atoms with van der Waals surface area (Å²) in [4.78, 5) is 16.5. The van der Waals surface area contributed by atoms with Gasteiger partial charge >= 0.3 is 0 Å². The van der Waals surface area contributed by atoms with Crippen LogP contribution < -0.4 is 10.2 Å². The molecule has 4 nitrogen and oxygen atoms in total. The van der Waals surface area contributed by atoms with Gasteiger partial charge in [-0.15, -0.1) is 0 Å². The van der Waals surface area contributed by atoms with Crippen molar-refractivity contribution in [3.63, 3.8) is 0 Å². The maximum atomic E-state index is 13.9. The molecular formula is C19H19F2N3O. The molecule has 0 atom stereocenters. The number of nitrogens with zero attached hydrogens (tertiary/aromatic N) is 2. The zero-order chi connectivity index (χ0) is 17.6. The lowest BCUT2D eigenvalue weighted by Crippen LogP contribution is -2.78. The summed E-state index contributed by atoms with van der Waals surface area (Å²) in [6.07, 6.45) is 0. The van der Waals surface area contributed by atoms with Crippen molar-refractivity contribution in [2.24, 2.45) is 0 Å². The number of anilines is 1. The molecule has 2 fully saturated rings. The number of carbonyl (C=O) groups is 1. The van der Waals surface area contributed by atoms with Gasteiger partial charge in [-0.25, -0.2) is 8.78 Å². The van der Waals surface area contributed by atoms with Crippen molar-refractivity contribution in [2.75, 3.05) is 38.1 Å². The number of benzene rings is 2. The first-order valence-electron chi connectivity index (χ1n) is 8.30. The molecular weight excluding hydrogens is 324 g/mol. The van der Waals surface area contributed by atoms with Crippen molar-refractivity contribution in [2.45, 2.75) is 5.54 Å². The van der Waals surface area contributed by atoms with Crippen LogP contribution in [0.4, 0.5) is 14.5 Å². The smallest absolute Gasteiger partial charge is 0.244 e. The minimum atomic E-state index is -0.462. The second-order valence-corrected chi connectivity index (χ2v) is 6.74. The molecule has 0 unspecified atom stereocenters. The second kappa shape index (κ2) is 5.81. The highest BCUT2D eigenvalue weighted by atomic mass is 19.1. The van der Waals surface area contributed by atoms with Crippen LogP contribution in [-0.4, -0.2) is 49.6 Å². The van der Waals surface area contributed by atoms with Crippen molar-refractivity contribution < 1.29 is 13.6 Å². The predicted octanol–water partition coefficient (Wildman–Crippen LogP) is 2.25. The van der Waals surface area contributed by atoms with E-state index in [2.05, 4.69) is 15.1 Å². The number of carbonyl (C=O) groups excluding carboxylic acids is 1. The van der Waals surface area contributed by atoms with Crippen LogP contribution in [0, 0.1) is 11.6 Å². The average Bonchev–Trinajstić information content (AvgIpc) is 2.56. The van der Waals surface area contributed by atoms with E-state index in [1.54, 1.807) is 12.1 Å². The molecule has 25 heavy (non-hydrogen) atoms. The summed E-state index contributed by atoms with van der Waals surface area (Å²) in [6.45, 7) is 2.79. The SMILES string of the molecule is CN1CCNC(=O)C12CN(c1ccc(-c3cc(F)ccc3F)cc1)C2. The highest BCUT2D eigenvalue weighted by Crippen LogP contribution is 2.34. The van der Waals surface area contributed by atoms with E-state index in [-0.39, 0.29) is 11.5 Å². The van der Waals surface area contributed by atoms with Crippen LogP contribution in [0.5, 0.6) is 0 Å². The summed E-state index contributed by atoms with van der Waals surface area (Å²) in [7, 11) is 1.98. The van der Waals surface area contributed by atoms with Crippen LogP contribution in [0.3, 0.4) is 0 Å². The van der Waals surface area contributed by atoms with Gasteiger partial charge in [0.1, 0.15) is 17.2 Å². The molecule has 0 bridgehead atoms. The molecule has 2 aliphatic rings. The van der Waals surface area contributed by atoms with Gasteiger partial charge in [0.05, 0.1) is 0 Å². The topological polar surface area (TPSA) is 35.6 Å². The summed E-state index contributed by atoms with van der Waals surface area (Å²) >= 11 is 0. The monoisotopic (exact) mass is 343 g/mol. The Kier molecular flexibility index (Phi) is 3.72. The molecule has 1 N–H and O–H groups in total. The third kappa shape index (κ3) is 2.57. The molecule has 2 heterocycles. The number of hydrogen-bond acceptors (Lipinski definition) is 3. The highest BCUT2D eigenvalue weighted by Gasteiger charge is 2.53. The molecule has 1 amide bonds. The van der Waals surface area contributed by atoms with E-state index in [9.17, 15) is 13.6 Å². The Morgan fingerprint density at radius 1 is 1.08 bits per heavy atom. The van der Waals surface area contributed by atoms with Crippen molar-refractivity contribution in [1.82, 2.24) is 10.2 Å². The van der Waals surface area contributed by atoms with Gasteiger partial charge in [-0.1, -0.05) is 12.1 Å². The zero-order valence-electron chi connectivity index (χ0n) is 13.9. The quantitative estimate of drug-likeness (QED) is 0.909. The third-order valence-electron chi connectivity index (χ3n) is 5.26. The molecule has 6 heteroatoms. The van der Waals surface area contributed by atoms with E-state index in [0.717, 1.165) is 24.4 Å². The largest absolute Gasteiger partial charge is 0.367 e. The first-order chi connectivity index (χ1) is 12.0. The van der Waals surface area contributed by atoms with E-state index < -0.39 is 17.2 Å². The number of piperazine rings is 1. The molecule has 1 spiro atoms. The fraction of sp³-hybridized carbons (Fsp3) is 0.316. The molecule has 2 saturated heterocycles. The van der Waals surface area contributed by atoms with Gasteiger partial charge in [0.2, 0.25) is 5.91 Å². The van der Waals surface area contributed by atoms with Crippen molar-refractivity contribution in [1.29, 1.82) is 0 Å². The van der Waals surface area contributed by atoms with E-state index >= 15 is 0 Å². The van der Waals surface area contributed by atoms with E-state index in [1.165, 1.54) is 6.07 Å². The van der Waals surface area contributed by atoms with Crippen LogP contribution in [0.15, 0.2) is 42.5 Å². The first kappa shape index (κ1) is 16.0. The van der Waals surface area contributed by atoms with E-state index in [1.807, 2.05) is 19.2 Å². The van der Waals surface area contributed by atoms with Crippen LogP contribution in [0.2, 0.25) is 0 Å². The number of likely N-dealkylation sites (N-methyl/N-ethyl adjacent to an activating group) is 1. The van der Waals surface area contributed by atoms with Crippen molar-refractivity contribution >= 4 is 11.6 Å². The first-order valence-corrected chi connectivity index (χ1v) is 8.30. The Balaban J connectivity index is 1.52. The third-order valence-corrected chi connectivity index (χ3v) is 5.26. The predicted molar refractivity (Wildman–Crippen MR) is 92.4 cm³/mol. The zero-order valence-corrected chi connectivity index (χ0v) is 13.9. The lowest BCUT2D eigenvalue weighted by molar-refractivity contribution is -0.138. The number of hydrogen-bond donors (Lipinski definition) is 1. The summed E-state index contributed by atoms with van der Waals surface area (Å²) in [5.74, 6) is -0.829. The molecule has 2 aromatic carbocycles. The van der Waals surface area contributed by atoms with Crippen LogP contribution >= 0.6 is 0 Å². The number of halogens is 2. The summed E-state index contributed by atoms with van der Waals surface area (Å²) in [5.41, 5.74) is 1.39. The molecule has 4 rings (SSSR count). The Bertz CT molecular complexity index is 816.